The molecule has 0 fully saturated rings. The highest BCUT2D eigenvalue weighted by molar-refractivity contribution is 7.21. The molecule has 0 radical (unpaired) electrons. The summed E-state index contributed by atoms with van der Waals surface area (Å²) in [5, 5.41) is 1.00. The third-order valence-electron chi connectivity index (χ3n) is 3.51. The molecular weight excluding hydrogens is 315 g/mol. The average molecular weight is 328 g/mol. The number of halogens is 1. The van der Waals surface area contributed by atoms with E-state index in [4.69, 9.17) is 4.74 Å². The van der Waals surface area contributed by atoms with Crippen molar-refractivity contribution in [2.24, 2.45) is 0 Å². The van der Waals surface area contributed by atoms with Crippen LogP contribution in [-0.4, -0.2) is 18.4 Å². The normalized spacial score (nSPS) is 10.7. The molecule has 0 N–H and O–H groups in total. The Balaban J connectivity index is 1.74. The van der Waals surface area contributed by atoms with Crippen molar-refractivity contribution in [3.05, 3.63) is 70.4 Å². The zero-order chi connectivity index (χ0) is 16.4. The van der Waals surface area contributed by atoms with E-state index in [2.05, 4.69) is 0 Å². The summed E-state index contributed by atoms with van der Waals surface area (Å²) < 4.78 is 19.2. The van der Waals surface area contributed by atoms with Gasteiger partial charge in [0.05, 0.1) is 0 Å². The molecule has 3 nitrogen and oxygen atoms in total. The van der Waals surface area contributed by atoms with Gasteiger partial charge in [0, 0.05) is 10.3 Å². The second-order valence-electron chi connectivity index (χ2n) is 5.06. The molecule has 0 aliphatic rings. The van der Waals surface area contributed by atoms with Crippen molar-refractivity contribution < 1.29 is 18.7 Å². The zero-order valence-corrected chi connectivity index (χ0v) is 13.2. The number of ketones is 1. The van der Waals surface area contributed by atoms with E-state index in [0.717, 1.165) is 21.7 Å². The Kier molecular flexibility index (Phi) is 4.21. The number of aryl methyl sites for hydroxylation is 1. The number of thiophene rings is 1. The number of rotatable bonds is 4. The van der Waals surface area contributed by atoms with Crippen molar-refractivity contribution in [3.8, 4) is 0 Å². The number of hydrogen-bond donors (Lipinski definition) is 0. The van der Waals surface area contributed by atoms with Gasteiger partial charge in [0.25, 0.3) is 0 Å². The number of hydrogen-bond acceptors (Lipinski definition) is 4. The van der Waals surface area contributed by atoms with E-state index in [1.165, 1.54) is 29.5 Å². The SMILES string of the molecule is Cc1c(C(=O)OCC(=O)c2cccc(F)c2)sc2ccccc12. The number of ether oxygens (including phenoxy) is 1. The molecular formula is C18H13FO3S. The van der Waals surface area contributed by atoms with Crippen LogP contribution >= 0.6 is 11.3 Å². The van der Waals surface area contributed by atoms with Gasteiger partial charge >= 0.3 is 5.97 Å². The third-order valence-corrected chi connectivity index (χ3v) is 4.76. The topological polar surface area (TPSA) is 43.4 Å². The van der Waals surface area contributed by atoms with Gasteiger partial charge in [-0.25, -0.2) is 9.18 Å². The molecule has 0 amide bonds. The van der Waals surface area contributed by atoms with Crippen molar-refractivity contribution >= 4 is 33.2 Å². The van der Waals surface area contributed by atoms with E-state index in [9.17, 15) is 14.0 Å². The Labute approximate surface area is 136 Å². The van der Waals surface area contributed by atoms with Crippen LogP contribution in [0.1, 0.15) is 25.6 Å². The standard InChI is InChI=1S/C18H13FO3S/c1-11-14-7-2-3-8-16(14)23-17(11)18(21)22-10-15(20)12-5-4-6-13(19)9-12/h2-9H,10H2,1H3. The second-order valence-corrected chi connectivity index (χ2v) is 6.11. The summed E-state index contributed by atoms with van der Waals surface area (Å²) >= 11 is 1.34. The maximum Gasteiger partial charge on any atom is 0.349 e. The van der Waals surface area contributed by atoms with Gasteiger partial charge in [0.1, 0.15) is 10.7 Å². The maximum atomic E-state index is 13.1. The molecule has 0 saturated carbocycles. The molecule has 0 aliphatic heterocycles. The van der Waals surface area contributed by atoms with Gasteiger partial charge in [-0.3, -0.25) is 4.79 Å². The first-order valence-electron chi connectivity index (χ1n) is 7.00. The number of carbonyl (C=O) groups excluding carboxylic acids is 2. The number of fused-ring (bicyclic) bond motifs is 1. The summed E-state index contributed by atoms with van der Waals surface area (Å²) in [4.78, 5) is 24.6. The minimum absolute atomic E-state index is 0.186. The van der Waals surface area contributed by atoms with Crippen molar-refractivity contribution in [2.45, 2.75) is 6.92 Å². The lowest BCUT2D eigenvalue weighted by Gasteiger charge is -2.04. The van der Waals surface area contributed by atoms with Crippen LogP contribution in [0, 0.1) is 12.7 Å². The van der Waals surface area contributed by atoms with Crippen LogP contribution in [0.2, 0.25) is 0 Å². The van der Waals surface area contributed by atoms with E-state index in [-0.39, 0.29) is 5.56 Å². The quantitative estimate of drug-likeness (QED) is 0.527. The van der Waals surface area contributed by atoms with Crippen LogP contribution in [0.4, 0.5) is 4.39 Å². The Morgan fingerprint density at radius 2 is 1.91 bits per heavy atom. The van der Waals surface area contributed by atoms with Crippen molar-refractivity contribution in [1.29, 1.82) is 0 Å². The predicted molar refractivity (Wildman–Crippen MR) is 87.6 cm³/mol. The number of Topliss-reactive ketones (excluding diaryl/α,β-unsaturated/α-hetero) is 1. The van der Waals surface area contributed by atoms with Gasteiger partial charge in [0.15, 0.2) is 12.4 Å². The summed E-state index contributed by atoms with van der Waals surface area (Å²) in [6.45, 7) is 1.44. The Morgan fingerprint density at radius 1 is 1.13 bits per heavy atom. The molecule has 0 bridgehead atoms. The number of benzene rings is 2. The summed E-state index contributed by atoms with van der Waals surface area (Å²) in [7, 11) is 0. The van der Waals surface area contributed by atoms with Gasteiger partial charge in [-0.2, -0.15) is 0 Å². The lowest BCUT2D eigenvalue weighted by atomic mass is 10.1. The molecule has 3 aromatic rings. The molecule has 0 aliphatic carbocycles. The molecule has 0 atom stereocenters. The second kappa shape index (κ2) is 6.30. The van der Waals surface area contributed by atoms with E-state index < -0.39 is 24.2 Å². The molecule has 0 unspecified atom stereocenters. The maximum absolute atomic E-state index is 13.1. The minimum Gasteiger partial charge on any atom is -0.453 e. The first-order valence-corrected chi connectivity index (χ1v) is 7.82. The van der Waals surface area contributed by atoms with Gasteiger partial charge < -0.3 is 4.74 Å². The first kappa shape index (κ1) is 15.4. The Morgan fingerprint density at radius 3 is 2.65 bits per heavy atom. The Hall–Kier alpha value is -2.53. The molecule has 3 rings (SSSR count). The molecule has 5 heteroatoms. The highest BCUT2D eigenvalue weighted by Gasteiger charge is 2.18. The van der Waals surface area contributed by atoms with Crippen molar-refractivity contribution in [2.75, 3.05) is 6.61 Å². The van der Waals surface area contributed by atoms with Crippen LogP contribution in [0.5, 0.6) is 0 Å². The van der Waals surface area contributed by atoms with Crippen LogP contribution in [0.3, 0.4) is 0 Å². The highest BCUT2D eigenvalue weighted by atomic mass is 32.1. The van der Waals surface area contributed by atoms with Crippen LogP contribution in [0.25, 0.3) is 10.1 Å². The van der Waals surface area contributed by atoms with Crippen molar-refractivity contribution in [3.63, 3.8) is 0 Å². The predicted octanol–water partition coefficient (Wildman–Crippen LogP) is 4.39. The average Bonchev–Trinajstić information content (AvgIpc) is 2.90. The number of carbonyl (C=O) groups is 2. The van der Waals surface area contributed by atoms with Crippen molar-refractivity contribution in [1.82, 2.24) is 0 Å². The lowest BCUT2D eigenvalue weighted by molar-refractivity contribution is 0.0479. The fourth-order valence-corrected chi connectivity index (χ4v) is 3.41. The van der Waals surface area contributed by atoms with Gasteiger partial charge in [0.2, 0.25) is 0 Å². The van der Waals surface area contributed by atoms with Gasteiger partial charge in [-0.15, -0.1) is 11.3 Å². The lowest BCUT2D eigenvalue weighted by Crippen LogP contribution is -2.14. The smallest absolute Gasteiger partial charge is 0.349 e. The zero-order valence-electron chi connectivity index (χ0n) is 12.3. The summed E-state index contributed by atoms with van der Waals surface area (Å²) in [5.41, 5.74) is 1.03. The van der Waals surface area contributed by atoms with E-state index in [1.807, 2.05) is 31.2 Å². The minimum atomic E-state index is -0.534. The van der Waals surface area contributed by atoms with E-state index >= 15 is 0 Å². The monoisotopic (exact) mass is 328 g/mol. The van der Waals surface area contributed by atoms with Gasteiger partial charge in [-0.1, -0.05) is 30.3 Å². The fourth-order valence-electron chi connectivity index (χ4n) is 2.31. The molecule has 2 aromatic carbocycles. The Bertz CT molecular complexity index is 898. The molecule has 1 heterocycles. The van der Waals surface area contributed by atoms with E-state index in [1.54, 1.807) is 0 Å². The molecule has 0 spiro atoms. The fraction of sp³-hybridized carbons (Fsp3) is 0.111. The first-order chi connectivity index (χ1) is 11.1. The molecule has 23 heavy (non-hydrogen) atoms. The molecule has 1 aromatic heterocycles. The van der Waals surface area contributed by atoms with E-state index in [0.29, 0.717) is 4.88 Å². The number of esters is 1. The third kappa shape index (κ3) is 3.14. The van der Waals surface area contributed by atoms with Crippen LogP contribution in [0.15, 0.2) is 48.5 Å². The van der Waals surface area contributed by atoms with Gasteiger partial charge in [-0.05, 0) is 36.1 Å². The largest absolute Gasteiger partial charge is 0.453 e. The molecule has 0 saturated heterocycles. The summed E-state index contributed by atoms with van der Waals surface area (Å²) in [6, 6.07) is 13.0. The highest BCUT2D eigenvalue weighted by Crippen LogP contribution is 2.30. The molecule has 116 valence electrons. The van der Waals surface area contributed by atoms with Crippen LogP contribution in [-0.2, 0) is 4.74 Å². The van der Waals surface area contributed by atoms with Crippen LogP contribution < -0.4 is 0 Å². The summed E-state index contributed by atoms with van der Waals surface area (Å²) in [6.07, 6.45) is 0. The summed E-state index contributed by atoms with van der Waals surface area (Å²) in [5.74, 6) is -1.47.